The van der Waals surface area contributed by atoms with E-state index in [2.05, 4.69) is 29.4 Å². The lowest BCUT2D eigenvalue weighted by molar-refractivity contribution is 0.0415. The third kappa shape index (κ3) is 3.37. The Morgan fingerprint density at radius 3 is 2.62 bits per heavy atom. The number of amides is 1. The number of carbonyl (C=O) groups excluding carboxylic acids is 1. The monoisotopic (exact) mass is 426 g/mol. The Labute approximate surface area is 187 Å². The average Bonchev–Trinajstić information content (AvgIpc) is 3.20. The summed E-state index contributed by atoms with van der Waals surface area (Å²) < 4.78 is 0. The van der Waals surface area contributed by atoms with E-state index in [0.29, 0.717) is 30.9 Å². The van der Waals surface area contributed by atoms with Crippen LogP contribution in [-0.4, -0.2) is 46.2 Å². The highest BCUT2D eigenvalue weighted by atomic mass is 16.3. The van der Waals surface area contributed by atoms with E-state index in [1.807, 2.05) is 48.2 Å². The van der Waals surface area contributed by atoms with Gasteiger partial charge in [-0.15, -0.1) is 0 Å². The lowest BCUT2D eigenvalue weighted by Crippen LogP contribution is -2.59. The fourth-order valence-electron chi connectivity index (χ4n) is 4.73. The number of nitrogens with zero attached hydrogens (tertiary/aromatic N) is 3. The number of benzene rings is 2. The first-order valence-corrected chi connectivity index (χ1v) is 10.9. The number of phenolic OH excluding ortho intramolecular Hbond substituents is 1. The van der Waals surface area contributed by atoms with E-state index in [9.17, 15) is 9.90 Å². The summed E-state index contributed by atoms with van der Waals surface area (Å²) in [6.45, 7) is 6.60. The van der Waals surface area contributed by atoms with Crippen LogP contribution < -0.4 is 5.32 Å². The number of phenols is 1. The van der Waals surface area contributed by atoms with Gasteiger partial charge in [0, 0.05) is 36.5 Å². The first kappa shape index (κ1) is 20.4. The molecule has 1 aromatic heterocycles. The molecular weight excluding hydrogens is 400 g/mol. The molecule has 2 aliphatic rings. The van der Waals surface area contributed by atoms with Crippen LogP contribution in [0.5, 0.6) is 5.75 Å². The minimum absolute atomic E-state index is 0.00650. The maximum atomic E-state index is 14.1. The van der Waals surface area contributed by atoms with Crippen molar-refractivity contribution in [3.05, 3.63) is 83.0 Å². The predicted octanol–water partition coefficient (Wildman–Crippen LogP) is 3.74. The molecule has 1 amide bonds. The number of hydrogen-bond acceptors (Lipinski definition) is 5. The van der Waals surface area contributed by atoms with E-state index in [1.54, 1.807) is 12.1 Å². The van der Waals surface area contributed by atoms with Gasteiger partial charge in [0.1, 0.15) is 5.75 Å². The van der Waals surface area contributed by atoms with Crippen molar-refractivity contribution in [2.24, 2.45) is 4.99 Å². The minimum Gasteiger partial charge on any atom is -0.508 e. The summed E-state index contributed by atoms with van der Waals surface area (Å²) in [6.07, 6.45) is 0. The van der Waals surface area contributed by atoms with Gasteiger partial charge in [-0.25, -0.2) is 0 Å². The summed E-state index contributed by atoms with van der Waals surface area (Å²) >= 11 is 0. The largest absolute Gasteiger partial charge is 0.508 e. The quantitative estimate of drug-likeness (QED) is 0.669. The topological polar surface area (TPSA) is 77.8 Å². The zero-order valence-corrected chi connectivity index (χ0v) is 18.3. The lowest BCUT2D eigenvalue weighted by Gasteiger charge is -2.46. The van der Waals surface area contributed by atoms with Crippen molar-refractivity contribution >= 4 is 11.6 Å². The summed E-state index contributed by atoms with van der Waals surface area (Å²) in [5.74, 6) is 0.192. The second-order valence-corrected chi connectivity index (χ2v) is 8.60. The van der Waals surface area contributed by atoms with Crippen LogP contribution in [0.4, 0.5) is 0 Å². The Balaban J connectivity index is 1.62. The molecule has 162 valence electrons. The number of piperazine rings is 1. The Bertz CT molecular complexity index is 1200. The Morgan fingerprint density at radius 1 is 1.12 bits per heavy atom. The van der Waals surface area contributed by atoms with Crippen molar-refractivity contribution in [1.82, 2.24) is 15.2 Å². The van der Waals surface area contributed by atoms with Crippen LogP contribution in [0.1, 0.15) is 41.0 Å². The number of carbonyl (C=O) groups is 1. The van der Waals surface area contributed by atoms with Crippen molar-refractivity contribution < 1.29 is 9.90 Å². The smallest absolute Gasteiger partial charge is 0.255 e. The maximum absolute atomic E-state index is 14.1. The average molecular weight is 427 g/mol. The van der Waals surface area contributed by atoms with Crippen molar-refractivity contribution in [3.8, 4) is 17.0 Å². The second-order valence-electron chi connectivity index (χ2n) is 8.60. The van der Waals surface area contributed by atoms with Crippen LogP contribution in [-0.2, 0) is 12.1 Å². The van der Waals surface area contributed by atoms with Crippen molar-refractivity contribution in [3.63, 3.8) is 0 Å². The molecule has 0 bridgehead atoms. The highest BCUT2D eigenvalue weighted by Gasteiger charge is 2.40. The molecule has 6 nitrogen and oxygen atoms in total. The standard InChI is InChI=1S/C26H26N4O2/c1-17-24-21(14-22(29-23(24)15-28-17)18-8-10-20(31)11-9-18)25(32)30-13-12-27-16-26(30,2)19-6-4-3-5-7-19/h3-11,14,27,31H,12-13,15-16H2,1-2H3. The van der Waals surface area contributed by atoms with E-state index in [-0.39, 0.29) is 11.7 Å². The molecule has 1 unspecified atom stereocenters. The summed E-state index contributed by atoms with van der Waals surface area (Å²) in [5.41, 5.74) is 5.39. The molecule has 0 spiro atoms. The molecule has 3 heterocycles. The molecule has 2 aromatic carbocycles. The van der Waals surface area contributed by atoms with E-state index < -0.39 is 5.54 Å². The van der Waals surface area contributed by atoms with Crippen molar-refractivity contribution in [2.45, 2.75) is 25.9 Å². The van der Waals surface area contributed by atoms with Gasteiger partial charge in [-0.1, -0.05) is 30.3 Å². The first-order valence-electron chi connectivity index (χ1n) is 10.9. The molecule has 1 saturated heterocycles. The molecule has 32 heavy (non-hydrogen) atoms. The number of fused-ring (bicyclic) bond motifs is 1. The summed E-state index contributed by atoms with van der Waals surface area (Å²) in [7, 11) is 0. The van der Waals surface area contributed by atoms with Crippen LogP contribution >= 0.6 is 0 Å². The van der Waals surface area contributed by atoms with Gasteiger partial charge in [-0.3, -0.25) is 14.8 Å². The molecule has 1 atom stereocenters. The molecule has 0 saturated carbocycles. The number of nitrogens with one attached hydrogen (secondary N) is 1. The van der Waals surface area contributed by atoms with Crippen LogP contribution in [0.25, 0.3) is 11.3 Å². The van der Waals surface area contributed by atoms with Gasteiger partial charge in [0.15, 0.2) is 0 Å². The fourth-order valence-corrected chi connectivity index (χ4v) is 4.73. The van der Waals surface area contributed by atoms with E-state index in [4.69, 9.17) is 4.98 Å². The molecular formula is C26H26N4O2. The number of aromatic nitrogens is 1. The van der Waals surface area contributed by atoms with E-state index in [0.717, 1.165) is 34.6 Å². The number of pyridine rings is 1. The molecule has 2 N–H and O–H groups in total. The number of aromatic hydroxyl groups is 1. The van der Waals surface area contributed by atoms with Gasteiger partial charge in [0.2, 0.25) is 0 Å². The Morgan fingerprint density at radius 2 is 1.88 bits per heavy atom. The van der Waals surface area contributed by atoms with E-state index in [1.165, 1.54) is 0 Å². The third-order valence-electron chi connectivity index (χ3n) is 6.53. The summed E-state index contributed by atoms with van der Waals surface area (Å²) in [4.78, 5) is 25.5. The SMILES string of the molecule is CC1=NCc2nc(-c3ccc(O)cc3)cc(C(=O)N3CCNCC3(C)c3ccccc3)c21. The van der Waals surface area contributed by atoms with Gasteiger partial charge in [-0.2, -0.15) is 0 Å². The van der Waals surface area contributed by atoms with Gasteiger partial charge in [0.05, 0.1) is 29.0 Å². The molecule has 2 aliphatic heterocycles. The second kappa shape index (κ2) is 7.88. The molecule has 5 rings (SSSR count). The van der Waals surface area contributed by atoms with Gasteiger partial charge < -0.3 is 15.3 Å². The van der Waals surface area contributed by atoms with Crippen molar-refractivity contribution in [1.29, 1.82) is 0 Å². The minimum atomic E-state index is -0.463. The van der Waals surface area contributed by atoms with Gasteiger partial charge in [0.25, 0.3) is 5.91 Å². The van der Waals surface area contributed by atoms with Gasteiger partial charge in [-0.05, 0) is 49.7 Å². The molecule has 1 fully saturated rings. The normalized spacial score (nSPS) is 20.1. The van der Waals surface area contributed by atoms with Gasteiger partial charge >= 0.3 is 0 Å². The number of hydrogen-bond donors (Lipinski definition) is 2. The predicted molar refractivity (Wildman–Crippen MR) is 125 cm³/mol. The third-order valence-corrected chi connectivity index (χ3v) is 6.53. The zero-order chi connectivity index (χ0) is 22.3. The van der Waals surface area contributed by atoms with Crippen molar-refractivity contribution in [2.75, 3.05) is 19.6 Å². The Hall–Kier alpha value is -3.51. The molecule has 0 aliphatic carbocycles. The maximum Gasteiger partial charge on any atom is 0.255 e. The summed E-state index contributed by atoms with van der Waals surface area (Å²) in [6, 6.07) is 19.0. The van der Waals surface area contributed by atoms with Crippen LogP contribution in [0.15, 0.2) is 65.7 Å². The summed E-state index contributed by atoms with van der Waals surface area (Å²) in [5, 5.41) is 13.1. The number of rotatable bonds is 3. The first-order chi connectivity index (χ1) is 15.5. The van der Waals surface area contributed by atoms with Crippen LogP contribution in [0, 0.1) is 0 Å². The van der Waals surface area contributed by atoms with Crippen LogP contribution in [0.2, 0.25) is 0 Å². The zero-order valence-electron chi connectivity index (χ0n) is 18.3. The van der Waals surface area contributed by atoms with Crippen LogP contribution in [0.3, 0.4) is 0 Å². The Kier molecular flexibility index (Phi) is 5.02. The fraction of sp³-hybridized carbons (Fsp3) is 0.269. The molecule has 0 radical (unpaired) electrons. The molecule has 3 aromatic rings. The van der Waals surface area contributed by atoms with E-state index >= 15 is 0 Å². The highest BCUT2D eigenvalue weighted by Crippen LogP contribution is 2.34. The lowest BCUT2D eigenvalue weighted by atomic mass is 9.87. The molecule has 6 heteroatoms. The highest BCUT2D eigenvalue weighted by molar-refractivity contribution is 6.12. The number of aliphatic imine (C=N–C) groups is 1.